The molecule has 3 N–H and O–H groups in total. The average molecular weight is 301 g/mol. The van der Waals surface area contributed by atoms with Crippen LogP contribution in [0, 0.1) is 0 Å². The molecule has 0 bridgehead atoms. The fourth-order valence-corrected chi connectivity index (χ4v) is 3.15. The molecule has 0 unspecified atom stereocenters. The lowest BCUT2D eigenvalue weighted by molar-refractivity contribution is 1.02. The fraction of sp³-hybridized carbons (Fsp3) is 0.300. The molecule has 2 heterocycles. The van der Waals surface area contributed by atoms with E-state index in [-0.39, 0.29) is 0 Å². The summed E-state index contributed by atoms with van der Waals surface area (Å²) in [6, 6.07) is 2.06. The maximum atomic E-state index is 5.58. The van der Waals surface area contributed by atoms with Crippen molar-refractivity contribution < 1.29 is 0 Å². The maximum Gasteiger partial charge on any atom is 0.121 e. The molecular formula is C10H13BrN4S. The van der Waals surface area contributed by atoms with Gasteiger partial charge in [0.25, 0.3) is 0 Å². The van der Waals surface area contributed by atoms with Crippen molar-refractivity contribution >= 4 is 43.8 Å². The zero-order valence-corrected chi connectivity index (χ0v) is 11.5. The van der Waals surface area contributed by atoms with Crippen LogP contribution >= 0.6 is 27.3 Å². The molecule has 4 nitrogen and oxygen atoms in total. The van der Waals surface area contributed by atoms with Gasteiger partial charge < -0.3 is 16.0 Å². The van der Waals surface area contributed by atoms with Crippen molar-refractivity contribution in [1.29, 1.82) is 0 Å². The Balaban J connectivity index is 2.46. The fourth-order valence-electron chi connectivity index (χ4n) is 1.56. The van der Waals surface area contributed by atoms with Crippen LogP contribution in [0.3, 0.4) is 0 Å². The molecule has 1 aromatic heterocycles. The second kappa shape index (κ2) is 4.47. The molecule has 0 amide bonds. The summed E-state index contributed by atoms with van der Waals surface area (Å²) >= 11 is 5.18. The summed E-state index contributed by atoms with van der Waals surface area (Å²) in [5.41, 5.74) is 7.68. The summed E-state index contributed by atoms with van der Waals surface area (Å²) in [5.74, 6) is 0.944. The topological polar surface area (TPSA) is 53.6 Å². The average Bonchev–Trinajstić information content (AvgIpc) is 2.66. The number of nitrogens with one attached hydrogen (secondary N) is 1. The second-order valence-corrected chi connectivity index (χ2v) is 5.87. The van der Waals surface area contributed by atoms with E-state index in [0.29, 0.717) is 0 Å². The van der Waals surface area contributed by atoms with Crippen LogP contribution in [0.2, 0.25) is 0 Å². The number of allylic oxidation sites excluding steroid dienone is 1. The van der Waals surface area contributed by atoms with E-state index in [9.17, 15) is 0 Å². The van der Waals surface area contributed by atoms with Crippen LogP contribution < -0.4 is 16.0 Å². The summed E-state index contributed by atoms with van der Waals surface area (Å²) in [7, 11) is 1.79. The predicted molar refractivity (Wildman–Crippen MR) is 74.3 cm³/mol. The minimum absolute atomic E-state index is 0.732. The first-order valence-electron chi connectivity index (χ1n) is 4.83. The zero-order chi connectivity index (χ0) is 11.7. The smallest absolute Gasteiger partial charge is 0.121 e. The van der Waals surface area contributed by atoms with Crippen LogP contribution in [-0.4, -0.2) is 19.4 Å². The van der Waals surface area contributed by atoms with Gasteiger partial charge in [-0.2, -0.15) is 0 Å². The van der Waals surface area contributed by atoms with Gasteiger partial charge in [-0.25, -0.2) is 0 Å². The molecule has 0 atom stereocenters. The number of rotatable bonds is 1. The molecule has 0 fully saturated rings. The van der Waals surface area contributed by atoms with Crippen LogP contribution in [0.1, 0.15) is 6.92 Å². The third-order valence-corrected chi connectivity index (χ3v) is 4.11. The van der Waals surface area contributed by atoms with Crippen LogP contribution in [0.15, 0.2) is 26.7 Å². The van der Waals surface area contributed by atoms with Crippen LogP contribution in [-0.2, 0) is 0 Å². The van der Waals surface area contributed by atoms with Gasteiger partial charge in [0.2, 0.25) is 0 Å². The van der Waals surface area contributed by atoms with E-state index in [2.05, 4.69) is 37.2 Å². The Labute approximate surface area is 107 Å². The number of nitrogens with two attached hydrogens (primary N) is 1. The number of thiophene rings is 1. The molecule has 0 aromatic carbocycles. The summed E-state index contributed by atoms with van der Waals surface area (Å²) in [5, 5.41) is 4.46. The Hall–Kier alpha value is -1.01. The lowest BCUT2D eigenvalue weighted by Gasteiger charge is -2.30. The third kappa shape index (κ3) is 1.94. The number of hydrogen-bond acceptors (Lipinski definition) is 4. The van der Waals surface area contributed by atoms with E-state index in [1.54, 1.807) is 24.6 Å². The molecule has 0 saturated carbocycles. The normalized spacial score (nSPS) is 18.6. The van der Waals surface area contributed by atoms with Gasteiger partial charge in [-0.1, -0.05) is 0 Å². The van der Waals surface area contributed by atoms with Crippen LogP contribution in [0.5, 0.6) is 0 Å². The van der Waals surface area contributed by atoms with Crippen molar-refractivity contribution in [3.8, 4) is 0 Å². The highest BCUT2D eigenvalue weighted by Crippen LogP contribution is 2.42. The van der Waals surface area contributed by atoms with Gasteiger partial charge >= 0.3 is 0 Å². The Kier molecular flexibility index (Phi) is 3.20. The van der Waals surface area contributed by atoms with Gasteiger partial charge in [-0.05, 0) is 28.9 Å². The Bertz CT molecular complexity index is 463. The highest BCUT2D eigenvalue weighted by atomic mass is 79.9. The predicted octanol–water partition coefficient (Wildman–Crippen LogP) is 2.59. The number of fused-ring (bicyclic) bond motifs is 1. The molecule has 2 rings (SSSR count). The molecule has 1 aliphatic rings. The van der Waals surface area contributed by atoms with Crippen LogP contribution in [0.4, 0.5) is 10.7 Å². The molecule has 86 valence electrons. The lowest BCUT2D eigenvalue weighted by atomic mass is 10.3. The molecule has 0 radical (unpaired) electrons. The van der Waals surface area contributed by atoms with Crippen molar-refractivity contribution in [3.63, 3.8) is 0 Å². The standard InChI is InChI=1S/C10H13BrN4S/c1-6(4-12)15-5-9(13-2)14-7-3-8(11)16-10(7)15/h3-4H,5,12H2,1-2H3,(H,13,14)/b6-4-. The van der Waals surface area contributed by atoms with E-state index in [4.69, 9.17) is 5.73 Å². The van der Waals surface area contributed by atoms with Crippen molar-refractivity contribution in [2.24, 2.45) is 10.7 Å². The van der Waals surface area contributed by atoms with E-state index >= 15 is 0 Å². The number of aliphatic imine (C=N–C) groups is 1. The van der Waals surface area contributed by atoms with Crippen molar-refractivity contribution in [2.75, 3.05) is 23.8 Å². The highest BCUT2D eigenvalue weighted by molar-refractivity contribution is 9.11. The Morgan fingerprint density at radius 3 is 3.12 bits per heavy atom. The molecule has 6 heteroatoms. The summed E-state index contributed by atoms with van der Waals surface area (Å²) in [4.78, 5) is 6.36. The van der Waals surface area contributed by atoms with Gasteiger partial charge in [0, 0.05) is 18.9 Å². The van der Waals surface area contributed by atoms with E-state index in [1.807, 2.05) is 6.92 Å². The van der Waals surface area contributed by atoms with E-state index in [1.165, 1.54) is 5.00 Å². The maximum absolute atomic E-state index is 5.58. The SMILES string of the molecule is CN=C1CN(/C(C)=C\N)c2sc(Br)cc2N1. The van der Waals surface area contributed by atoms with Gasteiger partial charge in [0.1, 0.15) is 10.8 Å². The number of halogens is 1. The third-order valence-electron chi connectivity index (χ3n) is 2.45. The minimum atomic E-state index is 0.732. The zero-order valence-electron chi connectivity index (χ0n) is 9.12. The number of hydrogen-bond donors (Lipinski definition) is 2. The molecule has 16 heavy (non-hydrogen) atoms. The molecule has 0 spiro atoms. The molecule has 0 saturated heterocycles. The Morgan fingerprint density at radius 1 is 1.75 bits per heavy atom. The quantitative estimate of drug-likeness (QED) is 0.838. The van der Waals surface area contributed by atoms with E-state index < -0.39 is 0 Å². The summed E-state index contributed by atoms with van der Waals surface area (Å²) < 4.78 is 1.09. The molecule has 0 aliphatic carbocycles. The van der Waals surface area contributed by atoms with Crippen LogP contribution in [0.25, 0.3) is 0 Å². The molecular weight excluding hydrogens is 288 g/mol. The molecule has 1 aliphatic heterocycles. The first kappa shape index (κ1) is 11.5. The summed E-state index contributed by atoms with van der Waals surface area (Å²) in [6.45, 7) is 2.73. The van der Waals surface area contributed by atoms with Gasteiger partial charge in [0.15, 0.2) is 0 Å². The van der Waals surface area contributed by atoms with Crippen molar-refractivity contribution in [2.45, 2.75) is 6.92 Å². The number of nitrogens with zero attached hydrogens (tertiary/aromatic N) is 2. The largest absolute Gasteiger partial charge is 0.403 e. The lowest BCUT2D eigenvalue weighted by Crippen LogP contribution is -2.36. The monoisotopic (exact) mass is 300 g/mol. The van der Waals surface area contributed by atoms with Crippen molar-refractivity contribution in [3.05, 3.63) is 21.7 Å². The Morgan fingerprint density at radius 2 is 2.50 bits per heavy atom. The first-order valence-corrected chi connectivity index (χ1v) is 6.44. The van der Waals surface area contributed by atoms with E-state index in [0.717, 1.165) is 27.6 Å². The number of anilines is 2. The van der Waals surface area contributed by atoms with Crippen molar-refractivity contribution in [1.82, 2.24) is 0 Å². The number of amidine groups is 1. The summed E-state index contributed by atoms with van der Waals surface area (Å²) in [6.07, 6.45) is 1.62. The second-order valence-electron chi connectivity index (χ2n) is 3.46. The first-order chi connectivity index (χ1) is 7.65. The van der Waals surface area contributed by atoms with Gasteiger partial charge in [-0.15, -0.1) is 11.3 Å². The molecule has 1 aromatic rings. The minimum Gasteiger partial charge on any atom is -0.403 e. The van der Waals surface area contributed by atoms with Gasteiger partial charge in [-0.3, -0.25) is 4.99 Å². The van der Waals surface area contributed by atoms with Gasteiger partial charge in [0.05, 0.1) is 16.0 Å². The highest BCUT2D eigenvalue weighted by Gasteiger charge is 2.23.